The van der Waals surface area contributed by atoms with Gasteiger partial charge in [0.2, 0.25) is 0 Å². The van der Waals surface area contributed by atoms with Crippen LogP contribution in [0.3, 0.4) is 0 Å². The molecule has 0 atom stereocenters. The van der Waals surface area contributed by atoms with Crippen molar-refractivity contribution >= 4 is 0 Å². The minimum absolute atomic E-state index is 1.03. The Morgan fingerprint density at radius 2 is 1.33 bits per heavy atom. The summed E-state index contributed by atoms with van der Waals surface area (Å²) in [6.45, 7) is 7.61. The van der Waals surface area contributed by atoms with E-state index in [2.05, 4.69) is 26.0 Å². The zero-order valence-corrected chi connectivity index (χ0v) is 8.23. The van der Waals surface area contributed by atoms with Gasteiger partial charge in [-0.25, -0.2) is 0 Å². The van der Waals surface area contributed by atoms with E-state index in [4.69, 9.17) is 0 Å². The van der Waals surface area contributed by atoms with Gasteiger partial charge in [0.15, 0.2) is 0 Å². The molecular formula is C12H22. The molecule has 0 spiro atoms. The van der Waals surface area contributed by atoms with Gasteiger partial charge in [0, 0.05) is 0 Å². The molecule has 0 N–H and O–H groups in total. The van der Waals surface area contributed by atoms with Crippen LogP contribution < -0.4 is 0 Å². The van der Waals surface area contributed by atoms with Crippen LogP contribution in [0.5, 0.6) is 0 Å². The van der Waals surface area contributed by atoms with Crippen LogP contribution in [0.4, 0.5) is 0 Å². The molecule has 0 heteroatoms. The number of unbranched alkanes of at least 4 members (excludes halogenated alkanes) is 6. The standard InChI is InChI=1S/C12H22/c1-3-5-7-9-11-12-10-8-6-4-2/h7,9H,1-6,8,10-12H2. The smallest absolute Gasteiger partial charge is 0.0351 e. The molecule has 0 unspecified atom stereocenters. The van der Waals surface area contributed by atoms with Crippen molar-refractivity contribution in [3.63, 3.8) is 0 Å². The Labute approximate surface area is 78.1 Å². The van der Waals surface area contributed by atoms with Crippen LogP contribution in [0.1, 0.15) is 51.4 Å². The lowest BCUT2D eigenvalue weighted by molar-refractivity contribution is 0.651. The molecule has 0 aliphatic carbocycles. The normalized spacial score (nSPS) is 11.2. The second-order valence-electron chi connectivity index (χ2n) is 3.17. The molecule has 0 heterocycles. The maximum absolute atomic E-state index is 3.82. The first-order chi connectivity index (χ1) is 5.91. The van der Waals surface area contributed by atoms with Crippen molar-refractivity contribution < 1.29 is 0 Å². The third-order valence-corrected chi connectivity index (χ3v) is 1.91. The molecule has 0 aromatic rings. The van der Waals surface area contributed by atoms with Gasteiger partial charge in [-0.15, -0.1) is 0 Å². The van der Waals surface area contributed by atoms with E-state index in [1.54, 1.807) is 0 Å². The van der Waals surface area contributed by atoms with Crippen LogP contribution in [0.15, 0.2) is 12.2 Å². The SMILES string of the molecule is [CH2]CCC=CCCCCCC[CH2]. The maximum Gasteiger partial charge on any atom is -0.0351 e. The Hall–Kier alpha value is -0.260. The van der Waals surface area contributed by atoms with Gasteiger partial charge in [0.25, 0.3) is 0 Å². The number of allylic oxidation sites excluding steroid dienone is 2. The minimum Gasteiger partial charge on any atom is -0.0885 e. The number of hydrogen-bond acceptors (Lipinski definition) is 0. The van der Waals surface area contributed by atoms with Crippen molar-refractivity contribution in [3.05, 3.63) is 26.0 Å². The third-order valence-electron chi connectivity index (χ3n) is 1.91. The fourth-order valence-corrected chi connectivity index (χ4v) is 1.15. The Balaban J connectivity index is 2.90. The van der Waals surface area contributed by atoms with Crippen molar-refractivity contribution in [1.29, 1.82) is 0 Å². The van der Waals surface area contributed by atoms with Crippen molar-refractivity contribution in [1.82, 2.24) is 0 Å². The van der Waals surface area contributed by atoms with Gasteiger partial charge < -0.3 is 0 Å². The molecule has 12 heavy (non-hydrogen) atoms. The molecule has 0 fully saturated rings. The van der Waals surface area contributed by atoms with E-state index in [-0.39, 0.29) is 0 Å². The quantitative estimate of drug-likeness (QED) is 0.372. The summed E-state index contributed by atoms with van der Waals surface area (Å²) in [7, 11) is 0. The van der Waals surface area contributed by atoms with Gasteiger partial charge in [-0.05, 0) is 25.7 Å². The topological polar surface area (TPSA) is 0 Å². The Bertz CT molecular complexity index is 92.2. The van der Waals surface area contributed by atoms with Gasteiger partial charge in [0.1, 0.15) is 0 Å². The first-order valence-electron chi connectivity index (χ1n) is 5.15. The van der Waals surface area contributed by atoms with E-state index in [0.29, 0.717) is 0 Å². The second-order valence-corrected chi connectivity index (χ2v) is 3.17. The molecule has 0 aromatic heterocycles. The Kier molecular flexibility index (Phi) is 10.5. The van der Waals surface area contributed by atoms with Gasteiger partial charge in [-0.2, -0.15) is 0 Å². The molecule has 0 rings (SSSR count). The van der Waals surface area contributed by atoms with Crippen LogP contribution in [0.2, 0.25) is 0 Å². The number of rotatable bonds is 8. The lowest BCUT2D eigenvalue weighted by Crippen LogP contribution is -1.75. The monoisotopic (exact) mass is 166 g/mol. The van der Waals surface area contributed by atoms with Crippen molar-refractivity contribution in [2.75, 3.05) is 0 Å². The van der Waals surface area contributed by atoms with Crippen molar-refractivity contribution in [3.8, 4) is 0 Å². The van der Waals surface area contributed by atoms with E-state index in [1.165, 1.54) is 32.1 Å². The summed E-state index contributed by atoms with van der Waals surface area (Å²) in [6, 6.07) is 0. The summed E-state index contributed by atoms with van der Waals surface area (Å²) in [4.78, 5) is 0. The van der Waals surface area contributed by atoms with E-state index in [9.17, 15) is 0 Å². The minimum atomic E-state index is 1.03. The van der Waals surface area contributed by atoms with Crippen LogP contribution in [0.25, 0.3) is 0 Å². The zero-order chi connectivity index (χ0) is 9.07. The summed E-state index contributed by atoms with van der Waals surface area (Å²) >= 11 is 0. The van der Waals surface area contributed by atoms with Crippen LogP contribution in [-0.2, 0) is 0 Å². The molecular weight excluding hydrogens is 144 g/mol. The molecule has 0 saturated heterocycles. The van der Waals surface area contributed by atoms with Crippen molar-refractivity contribution in [2.45, 2.75) is 51.4 Å². The predicted molar refractivity (Wildman–Crippen MR) is 56.8 cm³/mol. The molecule has 0 saturated carbocycles. The molecule has 0 amide bonds. The highest BCUT2D eigenvalue weighted by Gasteiger charge is 1.85. The van der Waals surface area contributed by atoms with Gasteiger partial charge in [-0.3, -0.25) is 0 Å². The van der Waals surface area contributed by atoms with Crippen LogP contribution in [0, 0.1) is 13.8 Å². The average Bonchev–Trinajstić information content (AvgIpc) is 2.10. The predicted octanol–water partition coefficient (Wildman–Crippen LogP) is 4.33. The summed E-state index contributed by atoms with van der Waals surface area (Å²) < 4.78 is 0. The highest BCUT2D eigenvalue weighted by Crippen LogP contribution is 2.05. The molecule has 0 bridgehead atoms. The average molecular weight is 166 g/mol. The summed E-state index contributed by atoms with van der Waals surface area (Å²) in [5, 5.41) is 0. The highest BCUT2D eigenvalue weighted by atomic mass is 13.9. The maximum atomic E-state index is 3.82. The molecule has 70 valence electrons. The fraction of sp³-hybridized carbons (Fsp3) is 0.667. The molecule has 0 nitrogen and oxygen atoms in total. The van der Waals surface area contributed by atoms with Gasteiger partial charge >= 0.3 is 0 Å². The van der Waals surface area contributed by atoms with Crippen LogP contribution in [-0.4, -0.2) is 0 Å². The van der Waals surface area contributed by atoms with Gasteiger partial charge in [-0.1, -0.05) is 51.7 Å². The zero-order valence-electron chi connectivity index (χ0n) is 8.23. The molecule has 0 aliphatic heterocycles. The van der Waals surface area contributed by atoms with Crippen molar-refractivity contribution in [2.24, 2.45) is 0 Å². The summed E-state index contributed by atoms with van der Waals surface area (Å²) in [5.41, 5.74) is 0. The summed E-state index contributed by atoms with van der Waals surface area (Å²) in [5.74, 6) is 0. The molecule has 0 aromatic carbocycles. The first kappa shape index (κ1) is 11.7. The van der Waals surface area contributed by atoms with E-state index >= 15 is 0 Å². The first-order valence-corrected chi connectivity index (χ1v) is 5.15. The largest absolute Gasteiger partial charge is 0.0885 e. The Morgan fingerprint density at radius 1 is 0.667 bits per heavy atom. The number of hydrogen-bond donors (Lipinski definition) is 0. The highest BCUT2D eigenvalue weighted by molar-refractivity contribution is 4.81. The second kappa shape index (κ2) is 10.7. The van der Waals surface area contributed by atoms with E-state index in [0.717, 1.165) is 19.3 Å². The molecule has 2 radical (unpaired) electrons. The lowest BCUT2D eigenvalue weighted by Gasteiger charge is -1.95. The lowest BCUT2D eigenvalue weighted by atomic mass is 10.1. The van der Waals surface area contributed by atoms with E-state index in [1.807, 2.05) is 0 Å². The van der Waals surface area contributed by atoms with Gasteiger partial charge in [0.05, 0.1) is 0 Å². The third kappa shape index (κ3) is 9.74. The molecule has 0 aliphatic rings. The van der Waals surface area contributed by atoms with Crippen LogP contribution >= 0.6 is 0 Å². The van der Waals surface area contributed by atoms with E-state index < -0.39 is 0 Å². The summed E-state index contributed by atoms with van der Waals surface area (Å²) in [6.07, 6.45) is 14.4. The fourth-order valence-electron chi connectivity index (χ4n) is 1.15. The Morgan fingerprint density at radius 3 is 2.00 bits per heavy atom.